The molecule has 3 nitrogen and oxygen atoms in total. The van der Waals surface area contributed by atoms with Gasteiger partial charge < -0.3 is 0 Å². The van der Waals surface area contributed by atoms with Crippen LogP contribution >= 0.6 is 11.3 Å². The molecule has 0 bridgehead atoms. The Bertz CT molecular complexity index is 457. The van der Waals surface area contributed by atoms with Crippen molar-refractivity contribution in [2.45, 2.75) is 19.9 Å². The number of aldehydes is 1. The van der Waals surface area contributed by atoms with Crippen LogP contribution in [0.4, 0.5) is 0 Å². The molecule has 0 saturated carbocycles. The van der Waals surface area contributed by atoms with Gasteiger partial charge in [-0.2, -0.15) is 16.4 Å². The van der Waals surface area contributed by atoms with Crippen LogP contribution in [0.3, 0.4) is 0 Å². The van der Waals surface area contributed by atoms with E-state index in [1.54, 1.807) is 16.0 Å². The largest absolute Gasteiger partial charge is 0.296 e. The first kappa shape index (κ1) is 10.1. The second-order valence-corrected chi connectivity index (χ2v) is 4.40. The van der Waals surface area contributed by atoms with E-state index in [1.807, 2.05) is 36.7 Å². The zero-order valence-corrected chi connectivity index (χ0v) is 9.49. The number of aromatic nitrogens is 2. The second-order valence-electron chi connectivity index (χ2n) is 3.62. The Morgan fingerprint density at radius 3 is 2.80 bits per heavy atom. The van der Waals surface area contributed by atoms with Gasteiger partial charge in [-0.1, -0.05) is 0 Å². The van der Waals surface area contributed by atoms with Gasteiger partial charge in [-0.05, 0) is 31.4 Å². The van der Waals surface area contributed by atoms with Crippen LogP contribution in [0.15, 0.2) is 22.9 Å². The first-order chi connectivity index (χ1) is 7.22. The van der Waals surface area contributed by atoms with Gasteiger partial charge >= 0.3 is 0 Å². The van der Waals surface area contributed by atoms with E-state index in [9.17, 15) is 4.79 Å². The van der Waals surface area contributed by atoms with Gasteiger partial charge in [0.1, 0.15) is 5.69 Å². The Labute approximate surface area is 92.4 Å². The SMILES string of the molecule is CC(C)n1nc(-c2ccsc2)cc1C=O. The topological polar surface area (TPSA) is 34.9 Å². The molecule has 0 spiro atoms. The van der Waals surface area contributed by atoms with Crippen molar-refractivity contribution in [1.82, 2.24) is 9.78 Å². The van der Waals surface area contributed by atoms with E-state index < -0.39 is 0 Å². The van der Waals surface area contributed by atoms with Gasteiger partial charge in [0.15, 0.2) is 6.29 Å². The summed E-state index contributed by atoms with van der Waals surface area (Å²) in [6, 6.07) is 4.04. The average Bonchev–Trinajstić information content (AvgIpc) is 2.86. The highest BCUT2D eigenvalue weighted by molar-refractivity contribution is 7.08. The fourth-order valence-corrected chi connectivity index (χ4v) is 2.11. The fourth-order valence-electron chi connectivity index (χ4n) is 1.46. The Kier molecular flexibility index (Phi) is 2.68. The summed E-state index contributed by atoms with van der Waals surface area (Å²) in [6.45, 7) is 4.02. The molecule has 15 heavy (non-hydrogen) atoms. The summed E-state index contributed by atoms with van der Waals surface area (Å²) >= 11 is 1.63. The lowest BCUT2D eigenvalue weighted by Gasteiger charge is -2.06. The molecule has 2 aromatic rings. The molecule has 0 unspecified atom stereocenters. The third kappa shape index (κ3) is 1.85. The minimum atomic E-state index is 0.206. The zero-order valence-electron chi connectivity index (χ0n) is 8.68. The fraction of sp³-hybridized carbons (Fsp3) is 0.273. The van der Waals surface area contributed by atoms with E-state index >= 15 is 0 Å². The molecule has 2 aromatic heterocycles. The molecule has 2 heterocycles. The number of hydrogen-bond acceptors (Lipinski definition) is 3. The smallest absolute Gasteiger partial charge is 0.168 e. The van der Waals surface area contributed by atoms with Gasteiger partial charge in [-0.25, -0.2) is 0 Å². The first-order valence-corrected chi connectivity index (χ1v) is 5.74. The molecule has 0 saturated heterocycles. The first-order valence-electron chi connectivity index (χ1n) is 4.79. The zero-order chi connectivity index (χ0) is 10.8. The van der Waals surface area contributed by atoms with Crippen LogP contribution in [0.2, 0.25) is 0 Å². The quantitative estimate of drug-likeness (QED) is 0.745. The maximum atomic E-state index is 10.9. The predicted molar refractivity (Wildman–Crippen MR) is 61.3 cm³/mol. The maximum Gasteiger partial charge on any atom is 0.168 e. The molecule has 2 rings (SSSR count). The molecule has 0 aliphatic rings. The Balaban J connectivity index is 2.48. The highest BCUT2D eigenvalue weighted by Crippen LogP contribution is 2.22. The minimum absolute atomic E-state index is 0.206. The van der Waals surface area contributed by atoms with Crippen molar-refractivity contribution in [1.29, 1.82) is 0 Å². The van der Waals surface area contributed by atoms with Gasteiger partial charge in [-0.15, -0.1) is 0 Å². The lowest BCUT2D eigenvalue weighted by atomic mass is 10.2. The van der Waals surface area contributed by atoms with Crippen molar-refractivity contribution in [3.8, 4) is 11.3 Å². The van der Waals surface area contributed by atoms with Crippen LogP contribution in [0.1, 0.15) is 30.4 Å². The van der Waals surface area contributed by atoms with Crippen LogP contribution in [-0.4, -0.2) is 16.1 Å². The van der Waals surface area contributed by atoms with Gasteiger partial charge in [0.2, 0.25) is 0 Å². The minimum Gasteiger partial charge on any atom is -0.296 e. The third-order valence-electron chi connectivity index (χ3n) is 2.19. The molecule has 0 amide bonds. The van der Waals surface area contributed by atoms with Crippen molar-refractivity contribution >= 4 is 17.6 Å². The molecule has 0 aromatic carbocycles. The summed E-state index contributed by atoms with van der Waals surface area (Å²) in [5.41, 5.74) is 2.57. The van der Waals surface area contributed by atoms with Crippen molar-refractivity contribution in [2.24, 2.45) is 0 Å². The van der Waals surface area contributed by atoms with E-state index in [2.05, 4.69) is 5.10 Å². The Hall–Kier alpha value is -1.42. The monoisotopic (exact) mass is 220 g/mol. The van der Waals surface area contributed by atoms with E-state index in [4.69, 9.17) is 0 Å². The van der Waals surface area contributed by atoms with Crippen LogP contribution in [-0.2, 0) is 0 Å². The van der Waals surface area contributed by atoms with Gasteiger partial charge in [0.05, 0.1) is 5.69 Å². The summed E-state index contributed by atoms with van der Waals surface area (Å²) < 4.78 is 1.75. The van der Waals surface area contributed by atoms with Gasteiger partial charge in [-0.3, -0.25) is 9.48 Å². The number of hydrogen-bond donors (Lipinski definition) is 0. The molecule has 4 heteroatoms. The highest BCUT2D eigenvalue weighted by Gasteiger charge is 2.10. The van der Waals surface area contributed by atoms with E-state index in [0.29, 0.717) is 5.69 Å². The van der Waals surface area contributed by atoms with Crippen LogP contribution in [0.5, 0.6) is 0 Å². The maximum absolute atomic E-state index is 10.9. The summed E-state index contributed by atoms with van der Waals surface area (Å²) in [7, 11) is 0. The lowest BCUT2D eigenvalue weighted by molar-refractivity contribution is 0.111. The van der Waals surface area contributed by atoms with Crippen molar-refractivity contribution in [2.75, 3.05) is 0 Å². The molecule has 0 radical (unpaired) electrons. The van der Waals surface area contributed by atoms with Crippen molar-refractivity contribution in [3.05, 3.63) is 28.6 Å². The Morgan fingerprint density at radius 2 is 2.33 bits per heavy atom. The standard InChI is InChI=1S/C11H12N2OS/c1-8(2)13-10(6-14)5-11(12-13)9-3-4-15-7-9/h3-8H,1-2H3. The average molecular weight is 220 g/mol. The molecule has 78 valence electrons. The van der Waals surface area contributed by atoms with Crippen LogP contribution in [0, 0.1) is 0 Å². The van der Waals surface area contributed by atoms with E-state index in [-0.39, 0.29) is 6.04 Å². The number of carbonyl (C=O) groups excluding carboxylic acids is 1. The third-order valence-corrected chi connectivity index (χ3v) is 2.87. The predicted octanol–water partition coefficient (Wildman–Crippen LogP) is 3.01. The van der Waals surface area contributed by atoms with Gasteiger partial charge in [0.25, 0.3) is 0 Å². The lowest BCUT2D eigenvalue weighted by Crippen LogP contribution is -2.06. The molecule has 0 fully saturated rings. The highest BCUT2D eigenvalue weighted by atomic mass is 32.1. The molecule has 0 atom stereocenters. The molecule has 0 aliphatic heterocycles. The van der Waals surface area contributed by atoms with Crippen LogP contribution < -0.4 is 0 Å². The molecule has 0 aliphatic carbocycles. The molecule has 0 N–H and O–H groups in total. The summed E-state index contributed by atoms with van der Waals surface area (Å²) in [6.07, 6.45) is 0.850. The van der Waals surface area contributed by atoms with Crippen molar-refractivity contribution < 1.29 is 4.79 Å². The Morgan fingerprint density at radius 1 is 1.53 bits per heavy atom. The summed E-state index contributed by atoms with van der Waals surface area (Å²) in [4.78, 5) is 10.9. The second kappa shape index (κ2) is 3.98. The normalized spacial score (nSPS) is 10.9. The van der Waals surface area contributed by atoms with E-state index in [1.165, 1.54) is 0 Å². The molecular formula is C11H12N2OS. The van der Waals surface area contributed by atoms with Crippen molar-refractivity contribution in [3.63, 3.8) is 0 Å². The number of rotatable bonds is 3. The number of carbonyl (C=O) groups is 1. The van der Waals surface area contributed by atoms with Crippen LogP contribution in [0.25, 0.3) is 11.3 Å². The number of nitrogens with zero attached hydrogens (tertiary/aromatic N) is 2. The van der Waals surface area contributed by atoms with E-state index in [0.717, 1.165) is 17.5 Å². The molecular weight excluding hydrogens is 208 g/mol. The van der Waals surface area contributed by atoms with Gasteiger partial charge in [0, 0.05) is 17.0 Å². The number of thiophene rings is 1. The summed E-state index contributed by atoms with van der Waals surface area (Å²) in [5.74, 6) is 0. The summed E-state index contributed by atoms with van der Waals surface area (Å²) in [5, 5.41) is 8.45.